The molecule has 7 heteroatoms. The van der Waals surface area contributed by atoms with Crippen molar-refractivity contribution < 1.29 is 19.0 Å². The molecule has 3 aromatic rings. The molecule has 0 aliphatic carbocycles. The number of rotatable bonds is 8. The van der Waals surface area contributed by atoms with Gasteiger partial charge in [0.2, 0.25) is 0 Å². The molecule has 0 unspecified atom stereocenters. The van der Waals surface area contributed by atoms with Crippen LogP contribution in [0.4, 0.5) is 0 Å². The van der Waals surface area contributed by atoms with Crippen molar-refractivity contribution in [1.29, 1.82) is 0 Å². The van der Waals surface area contributed by atoms with Crippen LogP contribution in [-0.2, 0) is 16.1 Å². The zero-order valence-corrected chi connectivity index (χ0v) is 21.2. The number of amides is 1. The Morgan fingerprint density at radius 2 is 1.97 bits per heavy atom. The summed E-state index contributed by atoms with van der Waals surface area (Å²) >= 11 is 6.81. The van der Waals surface area contributed by atoms with Crippen LogP contribution in [0.15, 0.2) is 65.6 Å². The second-order valence-corrected chi connectivity index (χ2v) is 10.2. The van der Waals surface area contributed by atoms with Crippen LogP contribution in [0.5, 0.6) is 11.5 Å². The minimum absolute atomic E-state index is 0.0651. The van der Waals surface area contributed by atoms with Gasteiger partial charge in [0.15, 0.2) is 11.5 Å². The molecule has 5 nitrogen and oxygen atoms in total. The number of hydrogen-bond donors (Lipinski definition) is 0. The van der Waals surface area contributed by atoms with Crippen molar-refractivity contribution in [2.24, 2.45) is 0 Å². The molecule has 0 saturated carbocycles. The number of fused-ring (bicyclic) bond motifs is 1. The second kappa shape index (κ2) is 10.8. The van der Waals surface area contributed by atoms with Crippen molar-refractivity contribution in [1.82, 2.24) is 4.90 Å². The Bertz CT molecular complexity index is 1280. The van der Waals surface area contributed by atoms with E-state index < -0.39 is 0 Å². The van der Waals surface area contributed by atoms with Gasteiger partial charge in [-0.2, -0.15) is 0 Å². The summed E-state index contributed by atoms with van der Waals surface area (Å²) in [6.07, 6.45) is 3.93. The molecule has 3 aromatic carbocycles. The van der Waals surface area contributed by atoms with Gasteiger partial charge in [-0.3, -0.25) is 9.69 Å². The van der Waals surface area contributed by atoms with Crippen LogP contribution in [-0.4, -0.2) is 41.0 Å². The second-order valence-electron chi connectivity index (χ2n) is 8.49. The molecule has 0 radical (unpaired) electrons. The Hall–Kier alpha value is -2.87. The lowest BCUT2D eigenvalue weighted by molar-refractivity contribution is -0.123. The first-order valence-corrected chi connectivity index (χ1v) is 13.1. The minimum atomic E-state index is -0.0651. The number of carbonyl (C=O) groups is 1. The lowest BCUT2D eigenvalue weighted by atomic mass is 10.1. The molecular weight excluding hydrogens is 478 g/mol. The Kier molecular flexibility index (Phi) is 7.37. The van der Waals surface area contributed by atoms with E-state index in [-0.39, 0.29) is 12.0 Å². The van der Waals surface area contributed by atoms with Crippen molar-refractivity contribution in [2.45, 2.75) is 32.5 Å². The molecule has 2 aliphatic rings. The maximum atomic E-state index is 13.0. The Balaban J connectivity index is 1.33. The number of carbonyl (C=O) groups excluding carboxylic acids is 1. The van der Waals surface area contributed by atoms with Crippen LogP contribution in [0, 0.1) is 0 Å². The molecule has 2 aliphatic heterocycles. The molecule has 1 amide bonds. The molecule has 0 aromatic heterocycles. The molecule has 180 valence electrons. The molecule has 2 fully saturated rings. The summed E-state index contributed by atoms with van der Waals surface area (Å²) in [6, 6.07) is 20.3. The maximum absolute atomic E-state index is 13.0. The lowest BCUT2D eigenvalue weighted by Crippen LogP contribution is -2.35. The fraction of sp³-hybridized carbons (Fsp3) is 0.286. The Morgan fingerprint density at radius 1 is 1.11 bits per heavy atom. The van der Waals surface area contributed by atoms with E-state index in [4.69, 9.17) is 26.4 Å². The highest BCUT2D eigenvalue weighted by Gasteiger charge is 2.34. The van der Waals surface area contributed by atoms with E-state index in [1.54, 1.807) is 4.90 Å². The van der Waals surface area contributed by atoms with E-state index in [2.05, 4.69) is 24.3 Å². The van der Waals surface area contributed by atoms with E-state index in [0.717, 1.165) is 30.6 Å². The predicted octanol–water partition coefficient (Wildman–Crippen LogP) is 6.20. The van der Waals surface area contributed by atoms with E-state index in [1.807, 2.05) is 49.4 Å². The number of thiocarbonyl (C=S) groups is 1. The number of thioether (sulfide) groups is 1. The van der Waals surface area contributed by atoms with Gasteiger partial charge in [-0.05, 0) is 59.9 Å². The quantitative estimate of drug-likeness (QED) is 0.268. The summed E-state index contributed by atoms with van der Waals surface area (Å²) in [7, 11) is 0. The lowest BCUT2D eigenvalue weighted by Gasteiger charge is -2.18. The van der Waals surface area contributed by atoms with Crippen molar-refractivity contribution >= 4 is 51.1 Å². The van der Waals surface area contributed by atoms with E-state index >= 15 is 0 Å². The van der Waals surface area contributed by atoms with Crippen LogP contribution in [0.25, 0.3) is 16.8 Å². The Morgan fingerprint density at radius 3 is 2.80 bits per heavy atom. The van der Waals surface area contributed by atoms with Crippen LogP contribution < -0.4 is 9.47 Å². The summed E-state index contributed by atoms with van der Waals surface area (Å²) in [5, 5.41) is 2.36. The molecule has 0 N–H and O–H groups in total. The van der Waals surface area contributed by atoms with Crippen LogP contribution >= 0.6 is 24.0 Å². The van der Waals surface area contributed by atoms with Gasteiger partial charge in [-0.15, -0.1) is 0 Å². The van der Waals surface area contributed by atoms with Gasteiger partial charge < -0.3 is 14.2 Å². The first-order valence-electron chi connectivity index (χ1n) is 11.9. The van der Waals surface area contributed by atoms with Gasteiger partial charge in [0.05, 0.1) is 24.2 Å². The highest BCUT2D eigenvalue weighted by Crippen LogP contribution is 2.36. The fourth-order valence-electron chi connectivity index (χ4n) is 4.38. The molecule has 2 heterocycles. The van der Waals surface area contributed by atoms with Crippen molar-refractivity contribution in [3.8, 4) is 11.5 Å². The van der Waals surface area contributed by atoms with Gasteiger partial charge >= 0.3 is 0 Å². The minimum Gasteiger partial charge on any atom is -0.490 e. The first kappa shape index (κ1) is 23.9. The fourth-order valence-corrected chi connectivity index (χ4v) is 5.65. The van der Waals surface area contributed by atoms with Crippen LogP contribution in [0.2, 0.25) is 0 Å². The Labute approximate surface area is 215 Å². The molecular formula is C28H27NO4S2. The van der Waals surface area contributed by atoms with Gasteiger partial charge in [-0.1, -0.05) is 72.5 Å². The smallest absolute Gasteiger partial charge is 0.266 e. The third-order valence-electron chi connectivity index (χ3n) is 6.11. The van der Waals surface area contributed by atoms with Crippen LogP contribution in [0.1, 0.15) is 30.9 Å². The average Bonchev–Trinajstić information content (AvgIpc) is 3.48. The van der Waals surface area contributed by atoms with Gasteiger partial charge in [-0.25, -0.2) is 0 Å². The highest BCUT2D eigenvalue weighted by atomic mass is 32.2. The summed E-state index contributed by atoms with van der Waals surface area (Å²) in [5.74, 6) is 1.25. The van der Waals surface area contributed by atoms with E-state index in [1.165, 1.54) is 22.5 Å². The zero-order chi connectivity index (χ0) is 24.2. The van der Waals surface area contributed by atoms with Crippen molar-refractivity contribution in [2.75, 3.05) is 19.8 Å². The van der Waals surface area contributed by atoms with Crippen LogP contribution in [0.3, 0.4) is 0 Å². The SMILES string of the molecule is CCOc1cc(/C=C2\SC(=S)N(C[C@H]3CCCO3)C2=O)ccc1OCc1cccc2ccccc12. The van der Waals surface area contributed by atoms with Gasteiger partial charge in [0.1, 0.15) is 10.9 Å². The first-order chi connectivity index (χ1) is 17.1. The predicted molar refractivity (Wildman–Crippen MR) is 145 cm³/mol. The highest BCUT2D eigenvalue weighted by molar-refractivity contribution is 8.26. The molecule has 0 bridgehead atoms. The third kappa shape index (κ3) is 5.37. The van der Waals surface area contributed by atoms with Crippen molar-refractivity contribution in [3.05, 3.63) is 76.7 Å². The molecule has 5 rings (SSSR count). The largest absolute Gasteiger partial charge is 0.490 e. The maximum Gasteiger partial charge on any atom is 0.266 e. The topological polar surface area (TPSA) is 48.0 Å². The number of hydrogen-bond acceptors (Lipinski definition) is 6. The molecule has 1 atom stereocenters. The third-order valence-corrected chi connectivity index (χ3v) is 7.49. The van der Waals surface area contributed by atoms with E-state index in [9.17, 15) is 4.79 Å². The standard InChI is InChI=1S/C28H27NO4S2/c1-2-31-25-15-19(16-26-27(30)29(28(34)35-26)17-22-10-6-14-32-22)12-13-24(25)33-18-21-9-5-8-20-7-3-4-11-23(20)21/h3-5,7-9,11-13,15-16,22H,2,6,10,14,17-18H2,1H3/b26-16-/t22-/m1/s1. The molecule has 2 saturated heterocycles. The normalized spacial score (nSPS) is 19.2. The summed E-state index contributed by atoms with van der Waals surface area (Å²) in [6.45, 7) is 4.16. The monoisotopic (exact) mass is 505 g/mol. The van der Waals surface area contributed by atoms with Gasteiger partial charge in [0.25, 0.3) is 5.91 Å². The summed E-state index contributed by atoms with van der Waals surface area (Å²) in [5.41, 5.74) is 1.98. The van der Waals surface area contributed by atoms with Gasteiger partial charge in [0, 0.05) is 6.61 Å². The summed E-state index contributed by atoms with van der Waals surface area (Å²) in [4.78, 5) is 15.3. The zero-order valence-electron chi connectivity index (χ0n) is 19.6. The molecule has 35 heavy (non-hydrogen) atoms. The summed E-state index contributed by atoms with van der Waals surface area (Å²) < 4.78 is 18.3. The average molecular weight is 506 g/mol. The number of nitrogens with zero attached hydrogens (tertiary/aromatic N) is 1. The number of ether oxygens (including phenoxy) is 3. The van der Waals surface area contributed by atoms with E-state index in [0.29, 0.717) is 40.5 Å². The molecule has 0 spiro atoms. The number of benzene rings is 3. The van der Waals surface area contributed by atoms with Crippen molar-refractivity contribution in [3.63, 3.8) is 0 Å².